The highest BCUT2D eigenvalue weighted by Gasteiger charge is 2.37. The van der Waals surface area contributed by atoms with E-state index < -0.39 is 17.2 Å². The summed E-state index contributed by atoms with van der Waals surface area (Å²) in [5.74, 6) is -2.29. The molecule has 5 rings (SSSR count). The number of carbonyl (C=O) groups is 2. The first kappa shape index (κ1) is 30.9. The molecule has 1 N–H and O–H groups in total. The summed E-state index contributed by atoms with van der Waals surface area (Å²) in [6.45, 7) is 2.88. The van der Waals surface area contributed by atoms with Crippen molar-refractivity contribution >= 4 is 29.0 Å². The number of nitrogens with zero attached hydrogens (tertiary/aromatic N) is 6. The molecule has 1 unspecified atom stereocenters. The van der Waals surface area contributed by atoms with Gasteiger partial charge >= 0.3 is 0 Å². The number of amides is 2. The number of β-amino-alcohol motifs (C(OH)–C–C–N with tert-alkyl or cyclic N) is 1. The van der Waals surface area contributed by atoms with Gasteiger partial charge < -0.3 is 5.11 Å². The number of hydrogen-bond donors (Lipinski definition) is 1. The smallest absolute Gasteiger partial charge is 0.293 e. The number of hydrogen-bond acceptors (Lipinski definition) is 9. The van der Waals surface area contributed by atoms with E-state index in [4.69, 9.17) is 4.84 Å². The van der Waals surface area contributed by atoms with Crippen LogP contribution < -0.4 is 0 Å². The molecular formula is C29H31F3N6O4S. The Balaban J connectivity index is 1.06. The Bertz CT molecular complexity index is 1450. The largest absolute Gasteiger partial charge is 0.382 e. The van der Waals surface area contributed by atoms with E-state index in [1.165, 1.54) is 40.4 Å². The van der Waals surface area contributed by atoms with E-state index in [2.05, 4.69) is 10.1 Å². The number of imide groups is 1. The average Bonchev–Trinajstić information content (AvgIpc) is 3.57. The molecular weight excluding hydrogens is 585 g/mol. The van der Waals surface area contributed by atoms with Crippen molar-refractivity contribution in [3.8, 4) is 0 Å². The molecule has 14 heteroatoms. The summed E-state index contributed by atoms with van der Waals surface area (Å²) in [5, 5.41) is 17.1. The number of aliphatic hydroxyl groups is 1. The third-order valence-electron chi connectivity index (χ3n) is 7.23. The second kappa shape index (κ2) is 13.8. The van der Waals surface area contributed by atoms with E-state index in [0.717, 1.165) is 23.9 Å². The van der Waals surface area contributed by atoms with Crippen molar-refractivity contribution in [3.05, 3.63) is 88.6 Å². The van der Waals surface area contributed by atoms with Gasteiger partial charge in [0.15, 0.2) is 0 Å². The molecule has 43 heavy (non-hydrogen) atoms. The lowest BCUT2D eigenvalue weighted by atomic mass is 9.92. The number of thioether (sulfide) groups is 1. The first-order valence-corrected chi connectivity index (χ1v) is 14.6. The van der Waals surface area contributed by atoms with Crippen molar-refractivity contribution in [2.45, 2.75) is 25.0 Å². The summed E-state index contributed by atoms with van der Waals surface area (Å²) in [6, 6.07) is 8.82. The van der Waals surface area contributed by atoms with Crippen molar-refractivity contribution in [1.82, 2.24) is 29.6 Å². The molecule has 0 aliphatic carbocycles. The van der Waals surface area contributed by atoms with Gasteiger partial charge in [0.1, 0.15) is 35.7 Å². The van der Waals surface area contributed by atoms with Gasteiger partial charge in [0.05, 0.1) is 18.1 Å². The van der Waals surface area contributed by atoms with Gasteiger partial charge in [-0.15, -0.1) is 0 Å². The lowest BCUT2D eigenvalue weighted by molar-refractivity contribution is -0.181. The Labute approximate surface area is 250 Å². The molecule has 3 aromatic rings. The SMILES string of the molecule is O=C1S/C(=C\c2ccc(F)cc2)C(=O)N1CCCCON1CCN(CC(O)(Cn2cncn2)c2ccc(F)cc2F)CC1. The van der Waals surface area contributed by atoms with E-state index in [9.17, 15) is 27.9 Å². The predicted molar refractivity (Wildman–Crippen MR) is 153 cm³/mol. The average molecular weight is 617 g/mol. The third-order valence-corrected chi connectivity index (χ3v) is 8.14. The first-order chi connectivity index (χ1) is 20.7. The number of rotatable bonds is 12. The summed E-state index contributed by atoms with van der Waals surface area (Å²) < 4.78 is 42.8. The summed E-state index contributed by atoms with van der Waals surface area (Å²) in [7, 11) is 0. The lowest BCUT2D eigenvalue weighted by Gasteiger charge is -2.39. The number of aromatic nitrogens is 3. The van der Waals surface area contributed by atoms with Crippen LogP contribution in [0.15, 0.2) is 60.0 Å². The highest BCUT2D eigenvalue weighted by molar-refractivity contribution is 8.18. The Morgan fingerprint density at radius 1 is 0.977 bits per heavy atom. The second-order valence-electron chi connectivity index (χ2n) is 10.4. The molecule has 2 aliphatic heterocycles. The predicted octanol–water partition coefficient (Wildman–Crippen LogP) is 3.65. The van der Waals surface area contributed by atoms with E-state index in [-0.39, 0.29) is 42.2 Å². The Hall–Kier alpha value is -3.56. The van der Waals surface area contributed by atoms with E-state index in [1.54, 1.807) is 18.2 Å². The van der Waals surface area contributed by atoms with Gasteiger partial charge in [0.2, 0.25) is 0 Å². The molecule has 1 aromatic heterocycles. The zero-order valence-electron chi connectivity index (χ0n) is 23.2. The van der Waals surface area contributed by atoms with Crippen LogP contribution in [0.3, 0.4) is 0 Å². The van der Waals surface area contributed by atoms with Gasteiger partial charge in [-0.05, 0) is 54.4 Å². The van der Waals surface area contributed by atoms with Crippen LogP contribution in [0.2, 0.25) is 0 Å². The minimum atomic E-state index is -1.68. The summed E-state index contributed by atoms with van der Waals surface area (Å²) >= 11 is 0.869. The van der Waals surface area contributed by atoms with E-state index in [1.807, 2.05) is 9.96 Å². The van der Waals surface area contributed by atoms with Crippen LogP contribution in [-0.4, -0.2) is 91.8 Å². The van der Waals surface area contributed by atoms with E-state index in [0.29, 0.717) is 56.1 Å². The summed E-state index contributed by atoms with van der Waals surface area (Å²) in [4.78, 5) is 38.3. The number of piperazine rings is 1. The maximum absolute atomic E-state index is 14.7. The maximum Gasteiger partial charge on any atom is 0.293 e. The molecule has 0 saturated carbocycles. The van der Waals surface area contributed by atoms with Crippen LogP contribution in [0.1, 0.15) is 24.0 Å². The molecule has 10 nitrogen and oxygen atoms in total. The molecule has 1 atom stereocenters. The van der Waals surface area contributed by atoms with Gasteiger partial charge in [0, 0.05) is 50.9 Å². The van der Waals surface area contributed by atoms with Crippen LogP contribution in [0.5, 0.6) is 0 Å². The minimum absolute atomic E-state index is 0.0190. The van der Waals surface area contributed by atoms with Crippen LogP contribution >= 0.6 is 11.8 Å². The molecule has 0 radical (unpaired) electrons. The molecule has 2 fully saturated rings. The molecule has 2 aliphatic rings. The maximum atomic E-state index is 14.7. The topological polar surface area (TPSA) is 104 Å². The highest BCUT2D eigenvalue weighted by Crippen LogP contribution is 2.32. The first-order valence-electron chi connectivity index (χ1n) is 13.8. The van der Waals surface area contributed by atoms with Crippen molar-refractivity contribution in [2.24, 2.45) is 0 Å². The van der Waals surface area contributed by atoms with Crippen molar-refractivity contribution in [3.63, 3.8) is 0 Å². The molecule has 2 amide bonds. The molecule has 228 valence electrons. The molecule has 2 saturated heterocycles. The van der Waals surface area contributed by atoms with Gasteiger partial charge in [-0.25, -0.2) is 22.8 Å². The second-order valence-corrected chi connectivity index (χ2v) is 11.4. The minimum Gasteiger partial charge on any atom is -0.382 e. The van der Waals surface area contributed by atoms with Crippen molar-refractivity contribution < 1.29 is 32.7 Å². The molecule has 3 heterocycles. The molecule has 0 spiro atoms. The van der Waals surface area contributed by atoms with Crippen molar-refractivity contribution in [2.75, 3.05) is 45.9 Å². The van der Waals surface area contributed by atoms with Crippen molar-refractivity contribution in [1.29, 1.82) is 0 Å². The summed E-state index contributed by atoms with van der Waals surface area (Å²) in [5.41, 5.74) is -1.05. The Kier molecular flexibility index (Phi) is 9.93. The quantitative estimate of drug-likeness (QED) is 0.241. The van der Waals surface area contributed by atoms with Gasteiger partial charge in [0.25, 0.3) is 11.1 Å². The van der Waals surface area contributed by atoms with Crippen LogP contribution in [-0.2, 0) is 21.8 Å². The Morgan fingerprint density at radius 3 is 2.42 bits per heavy atom. The lowest BCUT2D eigenvalue weighted by Crippen LogP contribution is -2.52. The van der Waals surface area contributed by atoms with Gasteiger partial charge in [-0.3, -0.25) is 24.2 Å². The highest BCUT2D eigenvalue weighted by atomic mass is 32.2. The van der Waals surface area contributed by atoms with E-state index >= 15 is 0 Å². The number of halogens is 3. The van der Waals surface area contributed by atoms with Gasteiger partial charge in [-0.2, -0.15) is 10.2 Å². The van der Waals surface area contributed by atoms with Gasteiger partial charge in [-0.1, -0.05) is 18.2 Å². The summed E-state index contributed by atoms with van der Waals surface area (Å²) in [6.07, 6.45) is 5.53. The zero-order valence-corrected chi connectivity index (χ0v) is 24.1. The Morgan fingerprint density at radius 2 is 1.72 bits per heavy atom. The zero-order chi connectivity index (χ0) is 30.4. The van der Waals surface area contributed by atoms with Crippen LogP contribution in [0.4, 0.5) is 18.0 Å². The molecule has 2 aromatic carbocycles. The fourth-order valence-corrected chi connectivity index (χ4v) is 5.89. The fraction of sp³-hybridized carbons (Fsp3) is 0.379. The monoisotopic (exact) mass is 616 g/mol. The molecule has 0 bridgehead atoms. The fourth-order valence-electron chi connectivity index (χ4n) is 5.03. The van der Waals surface area contributed by atoms with Crippen LogP contribution in [0.25, 0.3) is 6.08 Å². The normalized spacial score (nSPS) is 19.0. The third kappa shape index (κ3) is 7.89. The number of benzene rings is 2. The number of carbonyl (C=O) groups excluding carboxylic acids is 2. The standard InChI is InChI=1S/C29H31F3N6O4S/c30-22-5-3-21(4-6-22)15-26-27(39)38(28(40)43-26)9-1-2-14-42-37-12-10-35(11-13-37)17-29(41,18-36-20-33-19-34-36)24-8-7-23(31)16-25(24)32/h3-8,15-16,19-20,41H,1-2,9-14,17-18H2/b26-15-. The number of hydroxylamine groups is 2. The van der Waals surface area contributed by atoms with Crippen LogP contribution in [0, 0.1) is 17.5 Å². The number of unbranched alkanes of at least 4 members (excludes halogenated alkanes) is 1.